The summed E-state index contributed by atoms with van der Waals surface area (Å²) in [5.41, 5.74) is 2.39. The van der Waals surface area contributed by atoms with Crippen molar-refractivity contribution in [2.24, 2.45) is 0 Å². The van der Waals surface area contributed by atoms with Crippen LogP contribution in [0.3, 0.4) is 0 Å². The van der Waals surface area contributed by atoms with Gasteiger partial charge in [0.25, 0.3) is 11.8 Å². The zero-order chi connectivity index (χ0) is 28.4. The van der Waals surface area contributed by atoms with Gasteiger partial charge in [-0.05, 0) is 55.5 Å². The normalized spacial score (nSPS) is 14.2. The van der Waals surface area contributed by atoms with Gasteiger partial charge in [-0.2, -0.15) is 10.4 Å². The summed E-state index contributed by atoms with van der Waals surface area (Å²) in [4.78, 5) is 45.2. The molecule has 1 aliphatic heterocycles. The van der Waals surface area contributed by atoms with Crippen molar-refractivity contribution < 1.29 is 23.9 Å². The van der Waals surface area contributed by atoms with E-state index in [2.05, 4.69) is 15.4 Å². The van der Waals surface area contributed by atoms with Crippen LogP contribution in [0.15, 0.2) is 67.0 Å². The zero-order valence-corrected chi connectivity index (χ0v) is 21.9. The average molecular weight is 537 g/mol. The number of benzene rings is 2. The number of nitriles is 1. The van der Waals surface area contributed by atoms with Gasteiger partial charge >= 0.3 is 0 Å². The first kappa shape index (κ1) is 26.1. The Hall–Kier alpha value is -5.50. The molecule has 0 bridgehead atoms. The molecular weight excluding hydrogens is 512 g/mol. The number of ketones is 1. The van der Waals surface area contributed by atoms with Crippen LogP contribution < -0.4 is 19.7 Å². The summed E-state index contributed by atoms with van der Waals surface area (Å²) in [6, 6.07) is 16.3. The van der Waals surface area contributed by atoms with Gasteiger partial charge in [0.05, 0.1) is 44.3 Å². The van der Waals surface area contributed by atoms with E-state index in [9.17, 15) is 19.6 Å². The number of ether oxygens (including phenoxy) is 2. The third-order valence-corrected chi connectivity index (χ3v) is 6.58. The molecule has 11 nitrogen and oxygen atoms in total. The monoisotopic (exact) mass is 536 g/mol. The van der Waals surface area contributed by atoms with E-state index >= 15 is 0 Å². The lowest BCUT2D eigenvalue weighted by Gasteiger charge is -2.34. The van der Waals surface area contributed by atoms with Crippen LogP contribution in [0.25, 0.3) is 0 Å². The maximum atomic E-state index is 13.7. The van der Waals surface area contributed by atoms with Crippen LogP contribution >= 0.6 is 0 Å². The van der Waals surface area contributed by atoms with Gasteiger partial charge in [0.1, 0.15) is 17.5 Å². The smallest absolute Gasteiger partial charge is 0.279 e. The minimum atomic E-state index is -0.496. The molecule has 40 heavy (non-hydrogen) atoms. The summed E-state index contributed by atoms with van der Waals surface area (Å²) in [6.45, 7) is 2.29. The first-order valence-corrected chi connectivity index (χ1v) is 12.3. The predicted molar refractivity (Wildman–Crippen MR) is 145 cm³/mol. The molecule has 0 radical (unpaired) electrons. The van der Waals surface area contributed by atoms with Gasteiger partial charge in [-0.15, -0.1) is 0 Å². The van der Waals surface area contributed by atoms with Crippen molar-refractivity contribution in [3.05, 3.63) is 94.9 Å². The third-order valence-electron chi connectivity index (χ3n) is 6.58. The number of methoxy groups -OCH3 is 2. The summed E-state index contributed by atoms with van der Waals surface area (Å²) < 4.78 is 11.7. The highest BCUT2D eigenvalue weighted by molar-refractivity contribution is 6.14. The Morgan fingerprint density at radius 2 is 1.73 bits per heavy atom. The molecule has 1 N–H and O–H groups in total. The zero-order valence-electron chi connectivity index (χ0n) is 21.9. The fourth-order valence-corrected chi connectivity index (χ4v) is 4.57. The lowest BCUT2D eigenvalue weighted by molar-refractivity contribution is 0.0947. The van der Waals surface area contributed by atoms with E-state index in [1.54, 1.807) is 46.0 Å². The minimum Gasteiger partial charge on any atom is -0.495 e. The van der Waals surface area contributed by atoms with Crippen molar-refractivity contribution in [2.75, 3.05) is 24.4 Å². The molecule has 1 aliphatic rings. The number of carbonyl (C=O) groups is 3. The molecule has 2 aromatic heterocycles. The van der Waals surface area contributed by atoms with Crippen molar-refractivity contribution in [2.45, 2.75) is 19.5 Å². The van der Waals surface area contributed by atoms with Crippen molar-refractivity contribution in [1.29, 1.82) is 5.26 Å². The van der Waals surface area contributed by atoms with E-state index in [1.807, 2.05) is 13.0 Å². The van der Waals surface area contributed by atoms with Gasteiger partial charge in [-0.25, -0.2) is 4.98 Å². The Labute approximate surface area is 229 Å². The Kier molecular flexibility index (Phi) is 6.99. The lowest BCUT2D eigenvalue weighted by Crippen LogP contribution is -2.47. The SMILES string of the molecule is COc1ccc(C(=O)c2ccc(N3C(=O)c4c(NC(=O)c5ccc(OC)c(C#N)c5)cnn4CC3C)cc2)cn1. The molecule has 1 unspecified atom stereocenters. The molecular formula is C29H24N6O5. The molecule has 0 aliphatic carbocycles. The van der Waals surface area contributed by atoms with Crippen molar-refractivity contribution in [3.63, 3.8) is 0 Å². The number of rotatable bonds is 7. The van der Waals surface area contributed by atoms with Crippen LogP contribution in [-0.4, -0.2) is 52.6 Å². The van der Waals surface area contributed by atoms with Crippen LogP contribution in [0.5, 0.6) is 11.6 Å². The first-order chi connectivity index (χ1) is 19.3. The average Bonchev–Trinajstić information content (AvgIpc) is 3.38. The number of nitrogens with one attached hydrogen (secondary N) is 1. The van der Waals surface area contributed by atoms with E-state index in [1.165, 1.54) is 44.8 Å². The van der Waals surface area contributed by atoms with Crippen LogP contribution in [0.1, 0.15) is 49.3 Å². The number of fused-ring (bicyclic) bond motifs is 1. The fourth-order valence-electron chi connectivity index (χ4n) is 4.57. The summed E-state index contributed by atoms with van der Waals surface area (Å²) in [6.07, 6.45) is 2.89. The number of anilines is 2. The van der Waals surface area contributed by atoms with Gasteiger partial charge in [-0.3, -0.25) is 19.1 Å². The largest absolute Gasteiger partial charge is 0.495 e. The molecule has 5 rings (SSSR count). The van der Waals surface area contributed by atoms with E-state index in [0.29, 0.717) is 35.0 Å². The number of amides is 2. The Bertz CT molecular complexity index is 1650. The Morgan fingerprint density at radius 1 is 1.00 bits per heavy atom. The maximum absolute atomic E-state index is 13.7. The molecule has 0 saturated carbocycles. The van der Waals surface area contributed by atoms with E-state index in [-0.39, 0.29) is 40.2 Å². The summed E-state index contributed by atoms with van der Waals surface area (Å²) in [7, 11) is 2.94. The van der Waals surface area contributed by atoms with E-state index < -0.39 is 5.91 Å². The molecule has 0 saturated heterocycles. The molecule has 4 aromatic rings. The molecule has 3 heterocycles. The Balaban J connectivity index is 1.37. The number of pyridine rings is 1. The third kappa shape index (κ3) is 4.74. The predicted octanol–water partition coefficient (Wildman–Crippen LogP) is 3.70. The van der Waals surface area contributed by atoms with Gasteiger partial charge in [-0.1, -0.05) is 0 Å². The van der Waals surface area contributed by atoms with Gasteiger partial charge in [0, 0.05) is 34.6 Å². The van der Waals surface area contributed by atoms with E-state index in [4.69, 9.17) is 9.47 Å². The van der Waals surface area contributed by atoms with Crippen LogP contribution in [0.2, 0.25) is 0 Å². The Morgan fingerprint density at radius 3 is 2.38 bits per heavy atom. The molecule has 200 valence electrons. The maximum Gasteiger partial charge on any atom is 0.279 e. The number of carbonyl (C=O) groups excluding carboxylic acids is 3. The highest BCUT2D eigenvalue weighted by Gasteiger charge is 2.34. The summed E-state index contributed by atoms with van der Waals surface area (Å²) in [5, 5.41) is 16.4. The topological polar surface area (TPSA) is 139 Å². The van der Waals surface area contributed by atoms with Gasteiger partial charge < -0.3 is 19.7 Å². The van der Waals surface area contributed by atoms with Crippen molar-refractivity contribution >= 4 is 29.0 Å². The molecule has 0 fully saturated rings. The highest BCUT2D eigenvalue weighted by atomic mass is 16.5. The van der Waals surface area contributed by atoms with Crippen LogP contribution in [-0.2, 0) is 6.54 Å². The lowest BCUT2D eigenvalue weighted by atomic mass is 10.0. The van der Waals surface area contributed by atoms with Crippen LogP contribution in [0, 0.1) is 11.3 Å². The standard InChI is InChI=1S/C29H24N6O5/c1-17-16-34-26(23(15-32-34)33-28(37)19-6-10-24(39-2)21(12-19)13-30)29(38)35(17)22-8-4-18(5-9-22)27(36)20-7-11-25(40-3)31-14-20/h4-12,14-15,17H,16H2,1-3H3,(H,33,37). The first-order valence-electron chi connectivity index (χ1n) is 12.3. The van der Waals surface area contributed by atoms with Crippen molar-refractivity contribution in [3.8, 4) is 17.7 Å². The van der Waals surface area contributed by atoms with E-state index in [0.717, 1.165) is 0 Å². The molecule has 2 amide bonds. The highest BCUT2D eigenvalue weighted by Crippen LogP contribution is 2.30. The van der Waals surface area contributed by atoms with Crippen LogP contribution in [0.4, 0.5) is 11.4 Å². The minimum absolute atomic E-state index is 0.208. The molecule has 2 aromatic carbocycles. The second kappa shape index (κ2) is 10.7. The van der Waals surface area contributed by atoms with Gasteiger partial charge in [0.15, 0.2) is 5.78 Å². The second-order valence-corrected chi connectivity index (χ2v) is 9.06. The summed E-state index contributed by atoms with van der Waals surface area (Å²) >= 11 is 0. The molecule has 0 spiro atoms. The molecule has 11 heteroatoms. The fraction of sp³-hybridized carbons (Fsp3) is 0.172. The quantitative estimate of drug-likeness (QED) is 0.353. The number of aromatic nitrogens is 3. The van der Waals surface area contributed by atoms with Crippen molar-refractivity contribution in [1.82, 2.24) is 14.8 Å². The summed E-state index contributed by atoms with van der Waals surface area (Å²) in [5.74, 6) is -0.285. The molecule has 1 atom stereocenters. The number of nitrogens with zero attached hydrogens (tertiary/aromatic N) is 5. The number of hydrogen-bond acceptors (Lipinski definition) is 8. The second-order valence-electron chi connectivity index (χ2n) is 9.06. The van der Waals surface area contributed by atoms with Gasteiger partial charge in [0.2, 0.25) is 5.88 Å². The number of hydrogen-bond donors (Lipinski definition) is 1.